The molecule has 0 amide bonds. The zero-order chi connectivity index (χ0) is 14.5. The molecule has 1 aliphatic heterocycles. The van der Waals surface area contributed by atoms with Gasteiger partial charge in [-0.25, -0.2) is 4.39 Å². The molecular weight excluding hydrogens is 255 g/mol. The Bertz CT molecular complexity index is 591. The molecule has 4 heteroatoms. The van der Waals surface area contributed by atoms with E-state index >= 15 is 0 Å². The first-order valence-corrected chi connectivity index (χ1v) is 7.17. The number of aliphatic hydroxyl groups is 1. The van der Waals surface area contributed by atoms with Gasteiger partial charge in [0, 0.05) is 17.8 Å². The quantitative estimate of drug-likeness (QED) is 0.902. The van der Waals surface area contributed by atoms with Crippen molar-refractivity contribution in [2.45, 2.75) is 44.8 Å². The first-order valence-electron chi connectivity index (χ1n) is 7.17. The summed E-state index contributed by atoms with van der Waals surface area (Å²) in [6, 6.07) is 5.18. The lowest BCUT2D eigenvalue weighted by atomic mass is 9.90. The number of halogens is 1. The number of rotatable bonds is 2. The summed E-state index contributed by atoms with van der Waals surface area (Å²) in [7, 11) is 0. The third-order valence-corrected chi connectivity index (χ3v) is 5.02. The second kappa shape index (κ2) is 4.46. The van der Waals surface area contributed by atoms with Gasteiger partial charge in [0.1, 0.15) is 11.9 Å². The monoisotopic (exact) mass is 274 g/mol. The van der Waals surface area contributed by atoms with Crippen LogP contribution in [0.4, 0.5) is 10.1 Å². The zero-order valence-electron chi connectivity index (χ0n) is 11.9. The maximum Gasteiger partial charge on any atom is 0.145 e. The largest absolute Gasteiger partial charge is 0.387 e. The molecule has 2 atom stereocenters. The predicted octanol–water partition coefficient (Wildman–Crippen LogP) is 2.75. The van der Waals surface area contributed by atoms with Crippen molar-refractivity contribution in [2.24, 2.45) is 5.92 Å². The molecule has 1 heterocycles. The van der Waals surface area contributed by atoms with Crippen LogP contribution in [0, 0.1) is 30.0 Å². The maximum absolute atomic E-state index is 14.1. The van der Waals surface area contributed by atoms with Gasteiger partial charge in [-0.3, -0.25) is 0 Å². The van der Waals surface area contributed by atoms with Crippen molar-refractivity contribution < 1.29 is 9.50 Å². The fourth-order valence-corrected chi connectivity index (χ4v) is 3.50. The number of hydrogen-bond donors (Lipinski definition) is 1. The van der Waals surface area contributed by atoms with E-state index in [4.69, 9.17) is 5.26 Å². The Balaban J connectivity index is 1.95. The van der Waals surface area contributed by atoms with Crippen LogP contribution in [0.15, 0.2) is 12.1 Å². The van der Waals surface area contributed by atoms with Gasteiger partial charge in [0.05, 0.1) is 17.2 Å². The number of benzene rings is 1. The highest BCUT2D eigenvalue weighted by atomic mass is 19.1. The molecule has 0 unspecified atom stereocenters. The van der Waals surface area contributed by atoms with Crippen LogP contribution in [0.5, 0.6) is 0 Å². The van der Waals surface area contributed by atoms with Gasteiger partial charge in [-0.05, 0) is 51.2 Å². The Morgan fingerprint density at radius 1 is 1.45 bits per heavy atom. The van der Waals surface area contributed by atoms with Crippen LogP contribution in [-0.4, -0.2) is 23.3 Å². The number of anilines is 1. The summed E-state index contributed by atoms with van der Waals surface area (Å²) in [5, 5.41) is 19.7. The molecule has 1 aliphatic carbocycles. The zero-order valence-corrected chi connectivity index (χ0v) is 11.9. The van der Waals surface area contributed by atoms with Crippen LogP contribution in [0.3, 0.4) is 0 Å². The van der Waals surface area contributed by atoms with E-state index in [0.29, 0.717) is 11.5 Å². The molecule has 1 aromatic carbocycles. The Morgan fingerprint density at radius 3 is 2.75 bits per heavy atom. The number of nitrogens with zero attached hydrogens (tertiary/aromatic N) is 2. The van der Waals surface area contributed by atoms with Gasteiger partial charge < -0.3 is 10.0 Å². The van der Waals surface area contributed by atoms with E-state index in [9.17, 15) is 9.50 Å². The predicted molar refractivity (Wildman–Crippen MR) is 75.0 cm³/mol. The van der Waals surface area contributed by atoms with Gasteiger partial charge in [-0.1, -0.05) is 0 Å². The molecule has 1 aromatic rings. The van der Waals surface area contributed by atoms with Crippen LogP contribution in [0.25, 0.3) is 0 Å². The molecule has 1 saturated carbocycles. The molecule has 1 N–H and O–H groups in total. The second-order valence-electron chi connectivity index (χ2n) is 6.07. The molecule has 20 heavy (non-hydrogen) atoms. The maximum atomic E-state index is 14.1. The summed E-state index contributed by atoms with van der Waals surface area (Å²) in [4.78, 5) is 2.08. The topological polar surface area (TPSA) is 47.3 Å². The summed E-state index contributed by atoms with van der Waals surface area (Å²) < 4.78 is 14.1. The minimum Gasteiger partial charge on any atom is -0.387 e. The van der Waals surface area contributed by atoms with Crippen molar-refractivity contribution in [3.8, 4) is 6.07 Å². The van der Waals surface area contributed by atoms with E-state index in [2.05, 4.69) is 4.90 Å². The van der Waals surface area contributed by atoms with E-state index in [1.165, 1.54) is 6.07 Å². The molecule has 2 fully saturated rings. The average molecular weight is 274 g/mol. The van der Waals surface area contributed by atoms with Crippen LogP contribution in [-0.2, 0) is 0 Å². The minimum atomic E-state index is -0.642. The van der Waals surface area contributed by atoms with Gasteiger partial charge in [0.2, 0.25) is 0 Å². The normalized spacial score (nSPS) is 29.6. The van der Waals surface area contributed by atoms with Crippen LogP contribution >= 0.6 is 0 Å². The standard InChI is InChI=1S/C16H19FN2O/c1-10-14(6-3-12(9-18)15(10)17)19-8-7-16(20,11(19)2)13-4-5-13/h3,6,11,13,20H,4-5,7-8H2,1-2H3/t11-,16-/m0/s1. The third kappa shape index (κ3) is 1.81. The highest BCUT2D eigenvalue weighted by Gasteiger charge is 2.53. The molecule has 0 spiro atoms. The SMILES string of the molecule is Cc1c(N2CC[C@@](O)(C3CC3)[C@@H]2C)ccc(C#N)c1F. The summed E-state index contributed by atoms with van der Waals surface area (Å²) in [5.74, 6) is -0.0508. The van der Waals surface area contributed by atoms with Crippen LogP contribution in [0.2, 0.25) is 0 Å². The van der Waals surface area contributed by atoms with E-state index in [0.717, 1.165) is 31.5 Å². The molecule has 0 radical (unpaired) electrons. The average Bonchev–Trinajstić information content (AvgIpc) is 3.24. The lowest BCUT2D eigenvalue weighted by molar-refractivity contribution is 0.0142. The van der Waals surface area contributed by atoms with Crippen LogP contribution < -0.4 is 4.90 Å². The molecule has 3 nitrogen and oxygen atoms in total. The number of hydrogen-bond acceptors (Lipinski definition) is 3. The van der Waals surface area contributed by atoms with Crippen molar-refractivity contribution in [3.63, 3.8) is 0 Å². The van der Waals surface area contributed by atoms with E-state index < -0.39 is 11.4 Å². The van der Waals surface area contributed by atoms with E-state index in [-0.39, 0.29) is 11.6 Å². The van der Waals surface area contributed by atoms with Crippen molar-refractivity contribution >= 4 is 5.69 Å². The summed E-state index contributed by atoms with van der Waals surface area (Å²) in [5.41, 5.74) is 0.730. The fourth-order valence-electron chi connectivity index (χ4n) is 3.50. The molecular formula is C16H19FN2O. The first-order chi connectivity index (χ1) is 9.49. The van der Waals surface area contributed by atoms with Gasteiger partial charge in [0.15, 0.2) is 0 Å². The van der Waals surface area contributed by atoms with E-state index in [1.54, 1.807) is 13.0 Å². The highest BCUT2D eigenvalue weighted by Crippen LogP contribution is 2.48. The Kier molecular flexibility index (Phi) is 2.98. The van der Waals surface area contributed by atoms with Gasteiger partial charge in [0.25, 0.3) is 0 Å². The molecule has 1 saturated heterocycles. The molecule has 0 aromatic heterocycles. The second-order valence-corrected chi connectivity index (χ2v) is 6.07. The Labute approximate surface area is 118 Å². The van der Waals surface area contributed by atoms with Crippen LogP contribution in [0.1, 0.15) is 37.3 Å². The van der Waals surface area contributed by atoms with Crippen molar-refractivity contribution in [2.75, 3.05) is 11.4 Å². The lowest BCUT2D eigenvalue weighted by Crippen LogP contribution is -2.44. The van der Waals surface area contributed by atoms with Gasteiger partial charge >= 0.3 is 0 Å². The smallest absolute Gasteiger partial charge is 0.145 e. The summed E-state index contributed by atoms with van der Waals surface area (Å²) in [6.45, 7) is 4.45. The van der Waals surface area contributed by atoms with Crippen molar-refractivity contribution in [1.82, 2.24) is 0 Å². The summed E-state index contributed by atoms with van der Waals surface area (Å²) >= 11 is 0. The highest BCUT2D eigenvalue weighted by molar-refractivity contribution is 5.59. The van der Waals surface area contributed by atoms with Crippen molar-refractivity contribution in [3.05, 3.63) is 29.1 Å². The van der Waals surface area contributed by atoms with E-state index in [1.807, 2.05) is 13.0 Å². The summed E-state index contributed by atoms with van der Waals surface area (Å²) in [6.07, 6.45) is 2.92. The minimum absolute atomic E-state index is 0.0129. The third-order valence-electron chi connectivity index (χ3n) is 5.02. The first kappa shape index (κ1) is 13.4. The molecule has 0 bridgehead atoms. The fraction of sp³-hybridized carbons (Fsp3) is 0.562. The van der Waals surface area contributed by atoms with Gasteiger partial charge in [-0.2, -0.15) is 5.26 Å². The lowest BCUT2D eigenvalue weighted by Gasteiger charge is -2.33. The molecule has 106 valence electrons. The Morgan fingerprint density at radius 2 is 2.15 bits per heavy atom. The van der Waals surface area contributed by atoms with Crippen molar-refractivity contribution in [1.29, 1.82) is 5.26 Å². The molecule has 3 rings (SSSR count). The van der Waals surface area contributed by atoms with Gasteiger partial charge in [-0.15, -0.1) is 0 Å². The Hall–Kier alpha value is -1.60. The molecule has 2 aliphatic rings. The number of nitriles is 1.